The van der Waals surface area contributed by atoms with E-state index in [1.54, 1.807) is 0 Å². The van der Waals surface area contributed by atoms with Crippen molar-refractivity contribution in [3.05, 3.63) is 56.0 Å². The number of carbonyl (C=O) groups excluding carboxylic acids is 1. The molecule has 94 valence electrons. The number of thiophene rings is 1. The summed E-state index contributed by atoms with van der Waals surface area (Å²) in [5, 5.41) is 0.442. The second kappa shape index (κ2) is 5.21. The molecule has 0 amide bonds. The van der Waals surface area contributed by atoms with Crippen LogP contribution in [0.1, 0.15) is 25.7 Å². The molecule has 0 saturated carbocycles. The van der Waals surface area contributed by atoms with Crippen LogP contribution in [-0.2, 0) is 6.42 Å². The minimum atomic E-state index is -0.391. The predicted octanol–water partition coefficient (Wildman–Crippen LogP) is 4.58. The zero-order valence-corrected chi connectivity index (χ0v) is 11.7. The van der Waals surface area contributed by atoms with Gasteiger partial charge in [-0.25, -0.2) is 4.39 Å². The summed E-state index contributed by atoms with van der Waals surface area (Å²) < 4.78 is 13.5. The molecule has 1 heterocycles. The third kappa shape index (κ3) is 2.79. The van der Waals surface area contributed by atoms with E-state index in [0.717, 1.165) is 10.4 Å². The molecule has 0 N–H and O–H groups in total. The number of Topliss-reactive ketones (excluding diaryl/α,β-unsaturated/α-hetero) is 1. The average molecular weight is 283 g/mol. The molecule has 18 heavy (non-hydrogen) atoms. The minimum absolute atomic E-state index is 0.0474. The highest BCUT2D eigenvalue weighted by Gasteiger charge is 2.14. The molecule has 0 aliphatic rings. The van der Waals surface area contributed by atoms with E-state index >= 15 is 0 Å². The SMILES string of the molecule is Cc1cc(C(=O)Cc2cc(Cl)ccc2F)sc1C. The van der Waals surface area contributed by atoms with Gasteiger partial charge < -0.3 is 0 Å². The second-order valence-corrected chi connectivity index (χ2v) is 5.88. The first kappa shape index (κ1) is 13.2. The fourth-order valence-electron chi connectivity index (χ4n) is 1.65. The Balaban J connectivity index is 2.23. The van der Waals surface area contributed by atoms with Crippen LogP contribution >= 0.6 is 22.9 Å². The van der Waals surface area contributed by atoms with Crippen LogP contribution in [0, 0.1) is 19.7 Å². The number of rotatable bonds is 3. The molecule has 0 saturated heterocycles. The summed E-state index contributed by atoms with van der Waals surface area (Å²) in [4.78, 5) is 13.8. The van der Waals surface area contributed by atoms with E-state index in [1.807, 2.05) is 19.9 Å². The molecular formula is C14H12ClFOS. The van der Waals surface area contributed by atoms with Crippen LogP contribution in [0.3, 0.4) is 0 Å². The van der Waals surface area contributed by atoms with Crippen molar-refractivity contribution >= 4 is 28.7 Å². The summed E-state index contributed by atoms with van der Waals surface area (Å²) in [6.07, 6.45) is 0.0474. The monoisotopic (exact) mass is 282 g/mol. The summed E-state index contributed by atoms with van der Waals surface area (Å²) in [7, 11) is 0. The Labute approximate surface area is 114 Å². The summed E-state index contributed by atoms with van der Waals surface area (Å²) in [5.41, 5.74) is 1.44. The Hall–Kier alpha value is -1.19. The molecule has 0 bridgehead atoms. The van der Waals surface area contributed by atoms with Crippen LogP contribution in [0.15, 0.2) is 24.3 Å². The highest BCUT2D eigenvalue weighted by molar-refractivity contribution is 7.14. The van der Waals surface area contributed by atoms with Gasteiger partial charge in [0.25, 0.3) is 0 Å². The van der Waals surface area contributed by atoms with Gasteiger partial charge in [0.15, 0.2) is 5.78 Å². The molecule has 1 nitrogen and oxygen atoms in total. The lowest BCUT2D eigenvalue weighted by molar-refractivity contribution is 0.0995. The maximum Gasteiger partial charge on any atom is 0.177 e. The fourth-order valence-corrected chi connectivity index (χ4v) is 2.82. The zero-order chi connectivity index (χ0) is 13.3. The minimum Gasteiger partial charge on any atom is -0.293 e. The summed E-state index contributed by atoms with van der Waals surface area (Å²) in [6, 6.07) is 6.12. The molecule has 0 atom stereocenters. The third-order valence-corrected chi connectivity index (χ3v) is 4.23. The van der Waals surface area contributed by atoms with Gasteiger partial charge in [-0.05, 0) is 49.2 Å². The number of ketones is 1. The molecule has 2 rings (SSSR count). The topological polar surface area (TPSA) is 17.1 Å². The van der Waals surface area contributed by atoms with Crippen molar-refractivity contribution < 1.29 is 9.18 Å². The van der Waals surface area contributed by atoms with E-state index in [2.05, 4.69) is 0 Å². The third-order valence-electron chi connectivity index (χ3n) is 2.80. The van der Waals surface area contributed by atoms with Gasteiger partial charge in [-0.15, -0.1) is 11.3 Å². The first-order valence-electron chi connectivity index (χ1n) is 5.51. The molecule has 4 heteroatoms. The largest absolute Gasteiger partial charge is 0.293 e. The maximum absolute atomic E-state index is 13.5. The highest BCUT2D eigenvalue weighted by Crippen LogP contribution is 2.23. The molecule has 1 aromatic heterocycles. The Kier molecular flexibility index (Phi) is 3.83. The molecule has 0 spiro atoms. The second-order valence-electron chi connectivity index (χ2n) is 4.19. The van der Waals surface area contributed by atoms with Crippen LogP contribution in [-0.4, -0.2) is 5.78 Å². The van der Waals surface area contributed by atoms with Crippen molar-refractivity contribution in [3.63, 3.8) is 0 Å². The Bertz CT molecular complexity index is 584. The Morgan fingerprint density at radius 3 is 2.67 bits per heavy atom. The normalized spacial score (nSPS) is 10.7. The van der Waals surface area contributed by atoms with E-state index in [0.29, 0.717) is 15.5 Å². The summed E-state index contributed by atoms with van der Waals surface area (Å²) in [6.45, 7) is 3.93. The first-order chi connectivity index (χ1) is 8.47. The molecule has 1 aromatic carbocycles. The van der Waals surface area contributed by atoms with Gasteiger partial charge in [-0.1, -0.05) is 11.6 Å². The lowest BCUT2D eigenvalue weighted by Crippen LogP contribution is -2.03. The van der Waals surface area contributed by atoms with Gasteiger partial charge in [0.1, 0.15) is 5.82 Å². The Morgan fingerprint density at radius 1 is 1.33 bits per heavy atom. The van der Waals surface area contributed by atoms with Gasteiger partial charge in [-0.3, -0.25) is 4.79 Å². The number of hydrogen-bond acceptors (Lipinski definition) is 2. The Morgan fingerprint density at radius 2 is 2.06 bits per heavy atom. The molecule has 0 radical (unpaired) electrons. The zero-order valence-electron chi connectivity index (χ0n) is 10.1. The summed E-state index contributed by atoms with van der Waals surface area (Å²) >= 11 is 7.25. The average Bonchev–Trinajstić information content (AvgIpc) is 2.64. The molecule has 0 fully saturated rings. The van der Waals surface area contributed by atoms with Gasteiger partial charge in [-0.2, -0.15) is 0 Å². The fraction of sp³-hybridized carbons (Fsp3) is 0.214. The van der Waals surface area contributed by atoms with Gasteiger partial charge in [0.05, 0.1) is 4.88 Å². The number of benzene rings is 1. The molecule has 0 unspecified atom stereocenters. The van der Waals surface area contributed by atoms with E-state index in [-0.39, 0.29) is 12.2 Å². The predicted molar refractivity (Wildman–Crippen MR) is 73.2 cm³/mol. The van der Waals surface area contributed by atoms with Gasteiger partial charge >= 0.3 is 0 Å². The van der Waals surface area contributed by atoms with Crippen LogP contribution in [0.4, 0.5) is 4.39 Å². The van der Waals surface area contributed by atoms with Crippen molar-refractivity contribution in [1.82, 2.24) is 0 Å². The smallest absolute Gasteiger partial charge is 0.177 e. The van der Waals surface area contributed by atoms with E-state index in [4.69, 9.17) is 11.6 Å². The number of carbonyl (C=O) groups is 1. The lowest BCUT2D eigenvalue weighted by Gasteiger charge is -2.02. The van der Waals surface area contributed by atoms with Gasteiger partial charge in [0.2, 0.25) is 0 Å². The molecule has 2 aromatic rings. The standard InChI is InChI=1S/C14H12ClFOS/c1-8-5-14(18-9(8)2)13(17)7-10-6-11(15)3-4-12(10)16/h3-6H,7H2,1-2H3. The summed E-state index contributed by atoms with van der Waals surface area (Å²) in [5.74, 6) is -0.463. The lowest BCUT2D eigenvalue weighted by atomic mass is 10.1. The quantitative estimate of drug-likeness (QED) is 0.753. The van der Waals surface area contributed by atoms with E-state index < -0.39 is 5.82 Å². The number of halogens is 2. The van der Waals surface area contributed by atoms with Gasteiger partial charge in [0, 0.05) is 16.3 Å². The van der Waals surface area contributed by atoms with E-state index in [9.17, 15) is 9.18 Å². The van der Waals surface area contributed by atoms with Crippen LogP contribution in [0.2, 0.25) is 5.02 Å². The van der Waals surface area contributed by atoms with Crippen molar-refractivity contribution in [3.8, 4) is 0 Å². The molecule has 0 aliphatic carbocycles. The van der Waals surface area contributed by atoms with Crippen LogP contribution < -0.4 is 0 Å². The number of hydrogen-bond donors (Lipinski definition) is 0. The maximum atomic E-state index is 13.5. The molecule has 0 aliphatic heterocycles. The molecular weight excluding hydrogens is 271 g/mol. The number of aryl methyl sites for hydroxylation is 2. The van der Waals surface area contributed by atoms with Crippen molar-refractivity contribution in [2.45, 2.75) is 20.3 Å². The van der Waals surface area contributed by atoms with Crippen molar-refractivity contribution in [2.24, 2.45) is 0 Å². The van der Waals surface area contributed by atoms with Crippen LogP contribution in [0.25, 0.3) is 0 Å². The van der Waals surface area contributed by atoms with Crippen LogP contribution in [0.5, 0.6) is 0 Å². The highest BCUT2D eigenvalue weighted by atomic mass is 35.5. The first-order valence-corrected chi connectivity index (χ1v) is 6.71. The van der Waals surface area contributed by atoms with Crippen molar-refractivity contribution in [2.75, 3.05) is 0 Å². The van der Waals surface area contributed by atoms with Crippen molar-refractivity contribution in [1.29, 1.82) is 0 Å². The van der Waals surface area contributed by atoms with E-state index in [1.165, 1.54) is 29.5 Å².